The number of likely N-dealkylation sites (tertiary alicyclic amines) is 1. The van der Waals surface area contributed by atoms with Crippen LogP contribution < -0.4 is 15.6 Å². The first kappa shape index (κ1) is 23.6. The monoisotopic (exact) mass is 479 g/mol. The molecule has 0 spiro atoms. The van der Waals surface area contributed by atoms with Gasteiger partial charge in [0.25, 0.3) is 23.8 Å². The van der Waals surface area contributed by atoms with Gasteiger partial charge in [-0.05, 0) is 32.0 Å². The third kappa shape index (κ3) is 4.72. The van der Waals surface area contributed by atoms with E-state index in [4.69, 9.17) is 4.74 Å². The van der Waals surface area contributed by atoms with Crippen molar-refractivity contribution in [3.63, 3.8) is 0 Å². The number of alkyl halides is 2. The first-order valence-electron chi connectivity index (χ1n) is 10.5. The van der Waals surface area contributed by atoms with E-state index in [0.717, 1.165) is 0 Å². The van der Waals surface area contributed by atoms with E-state index >= 15 is 0 Å². The molecular formula is C22H21F4N5O3. The van der Waals surface area contributed by atoms with Crippen LogP contribution in [0.3, 0.4) is 0 Å². The van der Waals surface area contributed by atoms with E-state index in [0.29, 0.717) is 17.6 Å². The molecule has 3 aromatic rings. The van der Waals surface area contributed by atoms with Crippen LogP contribution in [-0.2, 0) is 6.54 Å². The van der Waals surface area contributed by atoms with E-state index in [2.05, 4.69) is 15.0 Å². The average molecular weight is 479 g/mol. The van der Waals surface area contributed by atoms with Gasteiger partial charge in [0.05, 0.1) is 12.1 Å². The molecule has 3 heterocycles. The summed E-state index contributed by atoms with van der Waals surface area (Å²) in [6.45, 7) is 3.12. The van der Waals surface area contributed by atoms with Crippen LogP contribution in [0, 0.1) is 18.7 Å². The van der Waals surface area contributed by atoms with Crippen molar-refractivity contribution in [3.05, 3.63) is 63.3 Å². The van der Waals surface area contributed by atoms with Crippen LogP contribution in [-0.4, -0.2) is 57.4 Å². The molecule has 34 heavy (non-hydrogen) atoms. The lowest BCUT2D eigenvalue weighted by Gasteiger charge is -2.45. The highest BCUT2D eigenvalue weighted by Crippen LogP contribution is 2.28. The van der Waals surface area contributed by atoms with Crippen LogP contribution in [0.4, 0.5) is 17.6 Å². The Labute approximate surface area is 191 Å². The largest absolute Gasteiger partial charge is 0.483 e. The van der Waals surface area contributed by atoms with Crippen molar-refractivity contribution in [1.29, 1.82) is 0 Å². The van der Waals surface area contributed by atoms with Crippen LogP contribution in [0.2, 0.25) is 0 Å². The summed E-state index contributed by atoms with van der Waals surface area (Å²) in [5, 5.41) is 1.95. The number of pyridine rings is 1. The first-order valence-corrected chi connectivity index (χ1v) is 10.5. The second-order valence-corrected chi connectivity index (χ2v) is 8.00. The van der Waals surface area contributed by atoms with Gasteiger partial charge in [-0.1, -0.05) is 6.07 Å². The Morgan fingerprint density at radius 3 is 2.71 bits per heavy atom. The number of aryl methyl sites for hydroxylation is 1. The number of nitrogens with one attached hydrogen (secondary N) is 2. The van der Waals surface area contributed by atoms with Crippen molar-refractivity contribution in [2.24, 2.45) is 0 Å². The topological polar surface area (TPSA) is 100 Å². The number of amides is 1. The van der Waals surface area contributed by atoms with Crippen LogP contribution >= 0.6 is 0 Å². The van der Waals surface area contributed by atoms with E-state index in [1.807, 2.05) is 17.1 Å². The zero-order valence-corrected chi connectivity index (χ0v) is 18.2. The molecule has 0 radical (unpaired) electrons. The quantitative estimate of drug-likeness (QED) is 0.399. The Kier molecular flexibility index (Phi) is 6.51. The molecule has 0 aliphatic carbocycles. The van der Waals surface area contributed by atoms with E-state index in [9.17, 15) is 27.2 Å². The number of carbonyl (C=O) groups is 1. The molecule has 1 fully saturated rings. The van der Waals surface area contributed by atoms with Crippen molar-refractivity contribution in [1.82, 2.24) is 25.2 Å². The zero-order chi connectivity index (χ0) is 24.6. The normalized spacial score (nSPS) is 18.2. The molecule has 1 aromatic carbocycles. The molecule has 2 atom stereocenters. The maximum absolute atomic E-state index is 14.9. The molecule has 1 saturated heterocycles. The van der Waals surface area contributed by atoms with Gasteiger partial charge < -0.3 is 15.0 Å². The molecule has 180 valence electrons. The van der Waals surface area contributed by atoms with Gasteiger partial charge in [0, 0.05) is 24.7 Å². The van der Waals surface area contributed by atoms with Gasteiger partial charge >= 0.3 is 0 Å². The predicted molar refractivity (Wildman–Crippen MR) is 114 cm³/mol. The lowest BCUT2D eigenvalue weighted by molar-refractivity contribution is -0.0437. The van der Waals surface area contributed by atoms with Crippen LogP contribution in [0.1, 0.15) is 28.7 Å². The number of aromatic nitrogens is 3. The van der Waals surface area contributed by atoms with Gasteiger partial charge in [-0.2, -0.15) is 4.39 Å². The highest BCUT2D eigenvalue weighted by Gasteiger charge is 2.38. The number of hydrogen-bond acceptors (Lipinski definition) is 6. The number of nitrogens with zero attached hydrogens (tertiary/aromatic N) is 3. The molecule has 12 heteroatoms. The number of aromatic amines is 1. The van der Waals surface area contributed by atoms with E-state index in [1.54, 1.807) is 19.1 Å². The molecule has 0 saturated carbocycles. The van der Waals surface area contributed by atoms with E-state index < -0.39 is 42.3 Å². The Hall–Kier alpha value is -3.54. The summed E-state index contributed by atoms with van der Waals surface area (Å²) in [5.74, 6) is -2.70. The Balaban J connectivity index is 1.39. The fourth-order valence-corrected chi connectivity index (χ4v) is 3.65. The minimum absolute atomic E-state index is 0.0416. The molecule has 4 rings (SSSR count). The zero-order valence-electron chi connectivity index (χ0n) is 18.2. The summed E-state index contributed by atoms with van der Waals surface area (Å²) < 4.78 is 59.3. The van der Waals surface area contributed by atoms with Gasteiger partial charge in [-0.15, -0.1) is 0 Å². The van der Waals surface area contributed by atoms with Crippen molar-refractivity contribution in [3.8, 4) is 5.75 Å². The number of H-pyrrole nitrogens is 1. The number of hydrogen-bond donors (Lipinski definition) is 2. The number of carbonyl (C=O) groups excluding carboxylic acids is 1. The predicted octanol–water partition coefficient (Wildman–Crippen LogP) is 2.55. The van der Waals surface area contributed by atoms with Crippen molar-refractivity contribution in [2.75, 3.05) is 13.1 Å². The number of fused-ring (bicyclic) bond motifs is 1. The van der Waals surface area contributed by atoms with E-state index in [1.165, 1.54) is 12.1 Å². The van der Waals surface area contributed by atoms with Crippen LogP contribution in [0.15, 0.2) is 29.1 Å². The number of rotatable bonds is 7. The third-order valence-electron chi connectivity index (χ3n) is 5.70. The summed E-state index contributed by atoms with van der Waals surface area (Å²) in [6.07, 6.45) is -3.15. The molecule has 1 aliphatic rings. The fraction of sp³-hybridized carbons (Fsp3) is 0.364. The lowest BCUT2D eigenvalue weighted by atomic mass is 9.99. The maximum Gasteiger partial charge on any atom is 0.270 e. The SMILES string of the molecule is Cc1nc2ccc(CN3C[C@@H](Oc4ccc(C(=O)NCC(F)F)nc4F)[C@H]3C)c(F)c2[nH]c1=O. The van der Waals surface area contributed by atoms with Gasteiger partial charge in [0.1, 0.15) is 23.0 Å². The Bertz CT molecular complexity index is 1300. The maximum atomic E-state index is 14.9. The molecule has 1 aliphatic heterocycles. The highest BCUT2D eigenvalue weighted by atomic mass is 19.3. The minimum Gasteiger partial charge on any atom is -0.483 e. The molecule has 2 aromatic heterocycles. The van der Waals surface area contributed by atoms with Gasteiger partial charge in [-0.3, -0.25) is 14.5 Å². The first-order chi connectivity index (χ1) is 16.1. The van der Waals surface area contributed by atoms with Gasteiger partial charge in [0.2, 0.25) is 0 Å². The Morgan fingerprint density at radius 1 is 1.26 bits per heavy atom. The molecule has 0 bridgehead atoms. The van der Waals surface area contributed by atoms with Crippen molar-refractivity contribution >= 4 is 16.9 Å². The second kappa shape index (κ2) is 9.37. The molecule has 2 N–H and O–H groups in total. The number of halogens is 4. The summed E-state index contributed by atoms with van der Waals surface area (Å²) in [4.78, 5) is 35.5. The summed E-state index contributed by atoms with van der Waals surface area (Å²) in [5.41, 5.74) is 0.210. The molecular weight excluding hydrogens is 458 g/mol. The summed E-state index contributed by atoms with van der Waals surface area (Å²) in [7, 11) is 0. The summed E-state index contributed by atoms with van der Waals surface area (Å²) >= 11 is 0. The highest BCUT2D eigenvalue weighted by molar-refractivity contribution is 5.92. The Morgan fingerprint density at radius 2 is 2.03 bits per heavy atom. The standard InChI is InChI=1S/C22H21F4N5O3/c1-10-21(32)30-19-13(28-10)4-3-12(18(19)25)8-31-9-16(11(31)2)34-15-6-5-14(29-20(15)26)22(33)27-7-17(23)24/h3-6,11,16-17H,7-9H2,1-2H3,(H,27,33)(H,30,32)/t11-,16-/m1/s1. The van der Waals surface area contributed by atoms with Crippen molar-refractivity contribution in [2.45, 2.75) is 39.0 Å². The molecule has 1 amide bonds. The minimum atomic E-state index is -2.73. The second-order valence-electron chi connectivity index (χ2n) is 8.00. The summed E-state index contributed by atoms with van der Waals surface area (Å²) in [6, 6.07) is 5.43. The fourth-order valence-electron chi connectivity index (χ4n) is 3.65. The van der Waals surface area contributed by atoms with Crippen LogP contribution in [0.25, 0.3) is 11.0 Å². The van der Waals surface area contributed by atoms with Gasteiger partial charge in [0.15, 0.2) is 11.6 Å². The molecule has 0 unspecified atom stereocenters. The van der Waals surface area contributed by atoms with Crippen LogP contribution in [0.5, 0.6) is 5.75 Å². The van der Waals surface area contributed by atoms with Crippen molar-refractivity contribution < 1.29 is 27.1 Å². The lowest BCUT2D eigenvalue weighted by Crippen LogP contribution is -2.60. The average Bonchev–Trinajstić information content (AvgIpc) is 2.80. The number of benzene rings is 1. The van der Waals surface area contributed by atoms with Gasteiger partial charge in [-0.25, -0.2) is 23.1 Å². The van der Waals surface area contributed by atoms with E-state index in [-0.39, 0.29) is 35.2 Å². The smallest absolute Gasteiger partial charge is 0.270 e. The number of ether oxygens (including phenoxy) is 1. The molecule has 8 nitrogen and oxygen atoms in total. The third-order valence-corrected chi connectivity index (χ3v) is 5.70.